The molecule has 0 spiro atoms. The smallest absolute Gasteiger partial charge is 0.303 e. The van der Waals surface area contributed by atoms with Gasteiger partial charge in [0.2, 0.25) is 0 Å². The molecule has 8 nitrogen and oxygen atoms in total. The van der Waals surface area contributed by atoms with Gasteiger partial charge in [-0.1, -0.05) is 12.1 Å². The van der Waals surface area contributed by atoms with Crippen LogP contribution in [0.4, 0.5) is 0 Å². The molecule has 1 aromatic heterocycles. The molecule has 3 N–H and O–H groups in total. The second kappa shape index (κ2) is 12.6. The maximum Gasteiger partial charge on any atom is 0.303 e. The Kier molecular flexibility index (Phi) is 9.02. The Balaban J connectivity index is 1.57. The van der Waals surface area contributed by atoms with E-state index in [0.717, 1.165) is 35.1 Å². The van der Waals surface area contributed by atoms with Gasteiger partial charge in [-0.2, -0.15) is 11.3 Å². The number of carboxylic acid groups (broad SMARTS) is 2. The number of hydrogen-bond acceptors (Lipinski definition) is 6. The van der Waals surface area contributed by atoms with Gasteiger partial charge in [0.05, 0.1) is 6.61 Å². The first kappa shape index (κ1) is 27.2. The maximum atomic E-state index is 12.9. The molecule has 0 unspecified atom stereocenters. The van der Waals surface area contributed by atoms with Crippen LogP contribution in [0, 0.1) is 6.92 Å². The van der Waals surface area contributed by atoms with Gasteiger partial charge in [0.25, 0.3) is 5.91 Å². The second-order valence-electron chi connectivity index (χ2n) is 9.38. The summed E-state index contributed by atoms with van der Waals surface area (Å²) in [6.45, 7) is 2.38. The summed E-state index contributed by atoms with van der Waals surface area (Å²) < 4.78 is 12.0. The second-order valence-corrected chi connectivity index (χ2v) is 10.1. The van der Waals surface area contributed by atoms with Gasteiger partial charge in [0, 0.05) is 30.0 Å². The van der Waals surface area contributed by atoms with Gasteiger partial charge in [0.15, 0.2) is 0 Å². The lowest BCUT2D eigenvalue weighted by Crippen LogP contribution is -2.25. The molecule has 0 saturated heterocycles. The lowest BCUT2D eigenvalue weighted by Gasteiger charge is -2.17. The Morgan fingerprint density at radius 2 is 1.82 bits per heavy atom. The van der Waals surface area contributed by atoms with Gasteiger partial charge in [-0.25, -0.2) is 0 Å². The molecular weight excluding hydrogens is 506 g/mol. The first-order valence-electron chi connectivity index (χ1n) is 12.6. The van der Waals surface area contributed by atoms with Crippen molar-refractivity contribution < 1.29 is 34.1 Å². The fourth-order valence-electron chi connectivity index (χ4n) is 4.09. The highest BCUT2D eigenvalue weighted by atomic mass is 32.1. The summed E-state index contributed by atoms with van der Waals surface area (Å²) >= 11 is 1.60. The molecule has 38 heavy (non-hydrogen) atoms. The van der Waals surface area contributed by atoms with Crippen LogP contribution >= 0.6 is 11.3 Å². The van der Waals surface area contributed by atoms with E-state index in [1.165, 1.54) is 0 Å². The maximum absolute atomic E-state index is 12.9. The molecule has 0 radical (unpaired) electrons. The minimum Gasteiger partial charge on any atom is -0.493 e. The number of rotatable bonds is 14. The molecule has 1 aliphatic rings. The van der Waals surface area contributed by atoms with Crippen LogP contribution < -0.4 is 14.8 Å². The molecule has 0 atom stereocenters. The molecule has 1 fully saturated rings. The lowest BCUT2D eigenvalue weighted by atomic mass is 10.0. The molecule has 1 heterocycles. The Bertz CT molecular complexity index is 1310. The van der Waals surface area contributed by atoms with Gasteiger partial charge in [-0.05, 0) is 89.9 Å². The number of ether oxygens (including phenoxy) is 2. The number of aliphatic carboxylic acids is 2. The van der Waals surface area contributed by atoms with Crippen molar-refractivity contribution >= 4 is 29.2 Å². The Hall–Kier alpha value is -3.85. The van der Waals surface area contributed by atoms with Crippen molar-refractivity contribution in [2.75, 3.05) is 6.61 Å². The highest BCUT2D eigenvalue weighted by molar-refractivity contribution is 7.08. The third-order valence-electron chi connectivity index (χ3n) is 6.25. The minimum absolute atomic E-state index is 0.0101. The monoisotopic (exact) mass is 537 g/mol. The van der Waals surface area contributed by atoms with Crippen LogP contribution in [0.1, 0.15) is 59.2 Å². The van der Waals surface area contributed by atoms with Gasteiger partial charge < -0.3 is 25.0 Å². The molecule has 1 amide bonds. The highest BCUT2D eigenvalue weighted by Crippen LogP contribution is 2.32. The molecule has 4 rings (SSSR count). The largest absolute Gasteiger partial charge is 0.493 e. The molecule has 200 valence electrons. The molecule has 0 bridgehead atoms. The van der Waals surface area contributed by atoms with Crippen molar-refractivity contribution in [1.29, 1.82) is 0 Å². The molecule has 2 aromatic carbocycles. The number of carbonyl (C=O) groups excluding carboxylic acids is 1. The minimum atomic E-state index is -0.928. The Labute approximate surface area is 225 Å². The average Bonchev–Trinajstić information content (AvgIpc) is 3.60. The summed E-state index contributed by atoms with van der Waals surface area (Å²) in [7, 11) is 0. The summed E-state index contributed by atoms with van der Waals surface area (Å²) in [6, 6.07) is 11.2. The number of aryl methyl sites for hydroxylation is 1. The zero-order valence-electron chi connectivity index (χ0n) is 21.2. The Morgan fingerprint density at radius 1 is 1.03 bits per heavy atom. The van der Waals surface area contributed by atoms with Gasteiger partial charge in [0.1, 0.15) is 18.1 Å². The van der Waals surface area contributed by atoms with Crippen molar-refractivity contribution in [3.05, 3.63) is 69.4 Å². The zero-order valence-corrected chi connectivity index (χ0v) is 22.0. The van der Waals surface area contributed by atoms with Crippen LogP contribution in [-0.2, 0) is 22.6 Å². The van der Waals surface area contributed by atoms with E-state index in [0.29, 0.717) is 29.0 Å². The first-order chi connectivity index (χ1) is 18.3. The third kappa shape index (κ3) is 7.58. The zero-order chi connectivity index (χ0) is 27.1. The number of nitrogens with one attached hydrogen (secondary N) is 1. The lowest BCUT2D eigenvalue weighted by molar-refractivity contribution is -0.138. The van der Waals surface area contributed by atoms with E-state index in [-0.39, 0.29) is 44.4 Å². The summed E-state index contributed by atoms with van der Waals surface area (Å²) in [5.74, 6) is -0.906. The van der Waals surface area contributed by atoms with Gasteiger partial charge >= 0.3 is 11.9 Å². The van der Waals surface area contributed by atoms with E-state index in [1.807, 2.05) is 30.5 Å². The molecule has 0 aliphatic heterocycles. The van der Waals surface area contributed by atoms with E-state index in [1.54, 1.807) is 29.5 Å². The topological polar surface area (TPSA) is 122 Å². The Morgan fingerprint density at radius 3 is 2.50 bits per heavy atom. The van der Waals surface area contributed by atoms with E-state index in [2.05, 4.69) is 10.7 Å². The van der Waals surface area contributed by atoms with Crippen molar-refractivity contribution in [2.24, 2.45) is 0 Å². The fraction of sp³-hybridized carbons (Fsp3) is 0.345. The van der Waals surface area contributed by atoms with Crippen molar-refractivity contribution in [1.82, 2.24) is 5.32 Å². The van der Waals surface area contributed by atoms with Crippen LogP contribution in [-0.4, -0.2) is 40.7 Å². The fourth-order valence-corrected chi connectivity index (χ4v) is 4.94. The molecule has 1 aliphatic carbocycles. The molecule has 9 heteroatoms. The molecular formula is C29H31NO7S. The highest BCUT2D eigenvalue weighted by Gasteiger charge is 2.24. The van der Waals surface area contributed by atoms with Crippen LogP contribution in [0.5, 0.6) is 11.5 Å². The van der Waals surface area contributed by atoms with Crippen LogP contribution in [0.15, 0.2) is 47.2 Å². The summed E-state index contributed by atoms with van der Waals surface area (Å²) in [4.78, 5) is 35.0. The predicted octanol–water partition coefficient (Wildman–Crippen LogP) is 5.46. The summed E-state index contributed by atoms with van der Waals surface area (Å²) in [6.07, 6.45) is 2.48. The quantitative estimate of drug-likeness (QED) is 0.234. The van der Waals surface area contributed by atoms with Crippen molar-refractivity contribution in [3.8, 4) is 22.6 Å². The predicted molar refractivity (Wildman–Crippen MR) is 144 cm³/mol. The number of carbonyl (C=O) groups is 3. The molecule has 1 saturated carbocycles. The number of benzene rings is 2. The standard InChI is InChI=1S/C29H31NO7S/c1-18-16-38-17-25(18)20-12-21(29(35)30-22-7-8-22)14-23(13-20)37-15-19-4-2-5-26(24(19)9-10-28(33)34)36-11-3-6-27(31)32/h2,4-5,12-14,16-17,22H,3,6-11,15H2,1H3,(H,30,35)(H,31,32)(H,33,34). The number of amides is 1. The van der Waals surface area contributed by atoms with Crippen LogP contribution in [0.2, 0.25) is 0 Å². The SMILES string of the molecule is Cc1cscc1-c1cc(OCc2cccc(OCCCC(=O)O)c2CCC(=O)O)cc(C(=O)NC2CC2)c1. The van der Waals surface area contributed by atoms with Crippen molar-refractivity contribution in [3.63, 3.8) is 0 Å². The number of thiophene rings is 1. The van der Waals surface area contributed by atoms with Gasteiger partial charge in [-0.15, -0.1) is 0 Å². The van der Waals surface area contributed by atoms with Crippen molar-refractivity contribution in [2.45, 2.75) is 58.1 Å². The van der Waals surface area contributed by atoms with Crippen LogP contribution in [0.25, 0.3) is 11.1 Å². The van der Waals surface area contributed by atoms with E-state index < -0.39 is 11.9 Å². The van der Waals surface area contributed by atoms with Crippen LogP contribution in [0.3, 0.4) is 0 Å². The number of carboxylic acids is 2. The summed E-state index contributed by atoms with van der Waals surface area (Å²) in [5.41, 5.74) is 5.05. The normalized spacial score (nSPS) is 12.7. The van der Waals surface area contributed by atoms with E-state index in [4.69, 9.17) is 14.6 Å². The average molecular weight is 538 g/mol. The van der Waals surface area contributed by atoms with E-state index >= 15 is 0 Å². The third-order valence-corrected chi connectivity index (χ3v) is 7.12. The first-order valence-corrected chi connectivity index (χ1v) is 13.5. The van der Waals surface area contributed by atoms with Gasteiger partial charge in [-0.3, -0.25) is 14.4 Å². The molecule has 3 aromatic rings. The summed E-state index contributed by atoms with van der Waals surface area (Å²) in [5, 5.41) is 25.3. The van der Waals surface area contributed by atoms with E-state index in [9.17, 15) is 19.5 Å². The number of hydrogen-bond donors (Lipinski definition) is 3.